The smallest absolute Gasteiger partial charge is 0.228 e. The van der Waals surface area contributed by atoms with Gasteiger partial charge >= 0.3 is 0 Å². The van der Waals surface area contributed by atoms with E-state index in [1.54, 1.807) is 0 Å². The summed E-state index contributed by atoms with van der Waals surface area (Å²) in [5.41, 5.74) is 1.45. The van der Waals surface area contributed by atoms with E-state index in [0.29, 0.717) is 12.5 Å². The minimum atomic E-state index is 0.100. The normalized spacial score (nSPS) is 25.5. The third-order valence-corrected chi connectivity index (χ3v) is 4.86. The molecule has 0 spiro atoms. The minimum Gasteiger partial charge on any atom is -0.375 e. The van der Waals surface area contributed by atoms with Crippen molar-refractivity contribution in [2.45, 2.75) is 12.5 Å². The number of likely N-dealkylation sites (tertiary alicyclic amines) is 1. The molecule has 4 rings (SSSR count). The van der Waals surface area contributed by atoms with Crippen molar-refractivity contribution in [3.05, 3.63) is 30.0 Å². The van der Waals surface area contributed by atoms with Gasteiger partial charge in [0.1, 0.15) is 5.69 Å². The molecule has 6 heteroatoms. The Bertz CT molecular complexity index is 714. The Morgan fingerprint density at radius 2 is 2.17 bits per heavy atom. The van der Waals surface area contributed by atoms with Crippen LogP contribution in [0.15, 0.2) is 28.8 Å². The summed E-state index contributed by atoms with van der Waals surface area (Å²) in [6, 6.07) is 7.65. The highest BCUT2D eigenvalue weighted by Gasteiger charge is 2.37. The average Bonchev–Trinajstić information content (AvgIpc) is 3.08. The molecule has 6 nitrogen and oxygen atoms in total. The van der Waals surface area contributed by atoms with E-state index in [1.165, 1.54) is 0 Å². The molecule has 3 heterocycles. The quantitative estimate of drug-likeness (QED) is 0.832. The summed E-state index contributed by atoms with van der Waals surface area (Å²) in [4.78, 5) is 16.8. The first-order valence-electron chi connectivity index (χ1n) is 8.12. The third-order valence-electron chi connectivity index (χ3n) is 4.86. The first kappa shape index (κ1) is 14.7. The van der Waals surface area contributed by atoms with E-state index in [1.807, 2.05) is 29.2 Å². The summed E-state index contributed by atoms with van der Waals surface area (Å²) >= 11 is 0. The molecule has 23 heavy (non-hydrogen) atoms. The second kappa shape index (κ2) is 5.94. The topological polar surface area (TPSA) is 58.8 Å². The van der Waals surface area contributed by atoms with Crippen molar-refractivity contribution in [1.82, 2.24) is 15.0 Å². The number of ether oxygens (including phenoxy) is 1. The van der Waals surface area contributed by atoms with Crippen molar-refractivity contribution in [2.24, 2.45) is 5.92 Å². The monoisotopic (exact) mass is 315 g/mol. The number of carbonyl (C=O) groups excluding carboxylic acids is 1. The zero-order chi connectivity index (χ0) is 15.8. The highest BCUT2D eigenvalue weighted by atomic mass is 16.5. The molecule has 1 aromatic heterocycles. The minimum absolute atomic E-state index is 0.100. The molecular weight excluding hydrogens is 294 g/mol. The Morgan fingerprint density at radius 3 is 3.09 bits per heavy atom. The van der Waals surface area contributed by atoms with Gasteiger partial charge in [0.25, 0.3) is 0 Å². The molecule has 1 aromatic carbocycles. The number of rotatable bonds is 2. The van der Waals surface area contributed by atoms with Gasteiger partial charge in [-0.3, -0.25) is 4.79 Å². The molecule has 0 aliphatic carbocycles. The summed E-state index contributed by atoms with van der Waals surface area (Å²) in [6.45, 7) is 4.15. The highest BCUT2D eigenvalue weighted by Crippen LogP contribution is 2.25. The Balaban J connectivity index is 1.46. The Morgan fingerprint density at radius 1 is 1.30 bits per heavy atom. The molecule has 0 unspecified atom stereocenters. The van der Waals surface area contributed by atoms with E-state index in [0.717, 1.165) is 42.9 Å². The Labute approximate surface area is 135 Å². The number of fused-ring (bicyclic) bond motifs is 2. The fraction of sp³-hybridized carbons (Fsp3) is 0.529. The van der Waals surface area contributed by atoms with Crippen LogP contribution < -0.4 is 0 Å². The third kappa shape index (κ3) is 2.84. The molecule has 0 saturated carbocycles. The SMILES string of the molecule is CN1CCO[C@@H]2CN(C(=O)Cc3noc4ccccc34)C[C@@H]2C1. The summed E-state index contributed by atoms with van der Waals surface area (Å²) in [6.07, 6.45) is 0.449. The molecule has 0 N–H and O–H groups in total. The second-order valence-electron chi connectivity index (χ2n) is 6.53. The van der Waals surface area contributed by atoms with Gasteiger partial charge in [0.15, 0.2) is 5.58 Å². The van der Waals surface area contributed by atoms with E-state index in [-0.39, 0.29) is 18.4 Å². The van der Waals surface area contributed by atoms with Crippen molar-refractivity contribution < 1.29 is 14.1 Å². The number of para-hydroxylation sites is 1. The lowest BCUT2D eigenvalue weighted by atomic mass is 10.1. The van der Waals surface area contributed by atoms with Gasteiger partial charge in [0.05, 0.1) is 19.1 Å². The Kier molecular flexibility index (Phi) is 3.79. The predicted molar refractivity (Wildman–Crippen MR) is 85.0 cm³/mol. The maximum atomic E-state index is 12.6. The highest BCUT2D eigenvalue weighted by molar-refractivity contribution is 5.86. The Hall–Kier alpha value is -1.92. The van der Waals surface area contributed by atoms with E-state index >= 15 is 0 Å². The van der Waals surface area contributed by atoms with Gasteiger partial charge in [-0.2, -0.15) is 0 Å². The van der Waals surface area contributed by atoms with Crippen LogP contribution in [0.4, 0.5) is 0 Å². The van der Waals surface area contributed by atoms with Gasteiger partial charge in [-0.05, 0) is 19.2 Å². The van der Waals surface area contributed by atoms with E-state index < -0.39 is 0 Å². The lowest BCUT2D eigenvalue weighted by molar-refractivity contribution is -0.130. The van der Waals surface area contributed by atoms with Gasteiger partial charge in [-0.25, -0.2) is 0 Å². The molecule has 2 aliphatic rings. The van der Waals surface area contributed by atoms with Crippen LogP contribution in [0.2, 0.25) is 0 Å². The molecule has 2 saturated heterocycles. The van der Waals surface area contributed by atoms with Crippen LogP contribution in [-0.4, -0.2) is 66.8 Å². The van der Waals surface area contributed by atoms with Crippen LogP contribution in [0.25, 0.3) is 11.0 Å². The number of likely N-dealkylation sites (N-methyl/N-ethyl adjacent to an activating group) is 1. The standard InChI is InChI=1S/C17H21N3O3/c1-19-6-7-22-16-11-20(10-12(16)9-19)17(21)8-14-13-4-2-3-5-15(13)23-18-14/h2-5,12,16H,6-11H2,1H3/t12-,16+/m0/s1. The molecule has 2 aromatic rings. The van der Waals surface area contributed by atoms with Crippen molar-refractivity contribution in [1.29, 1.82) is 0 Å². The van der Waals surface area contributed by atoms with E-state index in [4.69, 9.17) is 9.26 Å². The largest absolute Gasteiger partial charge is 0.375 e. The average molecular weight is 315 g/mol. The summed E-state index contributed by atoms with van der Waals surface area (Å²) in [5, 5.41) is 4.98. The van der Waals surface area contributed by atoms with Crippen LogP contribution in [0.1, 0.15) is 5.69 Å². The first-order valence-corrected chi connectivity index (χ1v) is 8.12. The maximum Gasteiger partial charge on any atom is 0.228 e. The molecular formula is C17H21N3O3. The van der Waals surface area contributed by atoms with Crippen LogP contribution in [-0.2, 0) is 16.0 Å². The summed E-state index contributed by atoms with van der Waals surface area (Å²) in [7, 11) is 2.11. The summed E-state index contributed by atoms with van der Waals surface area (Å²) < 4.78 is 11.2. The number of hydrogen-bond acceptors (Lipinski definition) is 5. The van der Waals surface area contributed by atoms with E-state index in [9.17, 15) is 4.79 Å². The lowest BCUT2D eigenvalue weighted by Crippen LogP contribution is -2.33. The van der Waals surface area contributed by atoms with Gasteiger partial charge in [-0.1, -0.05) is 17.3 Å². The molecule has 2 aliphatic heterocycles. The van der Waals surface area contributed by atoms with Crippen LogP contribution in [0.5, 0.6) is 0 Å². The molecule has 0 radical (unpaired) electrons. The zero-order valence-corrected chi connectivity index (χ0v) is 13.3. The van der Waals surface area contributed by atoms with Gasteiger partial charge in [-0.15, -0.1) is 0 Å². The summed E-state index contributed by atoms with van der Waals surface area (Å²) in [5.74, 6) is 0.504. The fourth-order valence-electron chi connectivity index (χ4n) is 3.58. The molecule has 2 fully saturated rings. The van der Waals surface area contributed by atoms with Crippen molar-refractivity contribution in [3.63, 3.8) is 0 Å². The molecule has 2 atom stereocenters. The van der Waals surface area contributed by atoms with Crippen LogP contribution in [0, 0.1) is 5.92 Å². The van der Waals surface area contributed by atoms with Gasteiger partial charge in [0.2, 0.25) is 5.91 Å². The van der Waals surface area contributed by atoms with Gasteiger partial charge in [0, 0.05) is 37.5 Å². The zero-order valence-electron chi connectivity index (χ0n) is 13.3. The van der Waals surface area contributed by atoms with Crippen molar-refractivity contribution in [2.75, 3.05) is 39.8 Å². The lowest BCUT2D eigenvalue weighted by Gasteiger charge is -2.19. The van der Waals surface area contributed by atoms with E-state index in [2.05, 4.69) is 17.1 Å². The van der Waals surface area contributed by atoms with Gasteiger partial charge < -0.3 is 19.1 Å². The second-order valence-corrected chi connectivity index (χ2v) is 6.53. The number of nitrogens with zero attached hydrogens (tertiary/aromatic N) is 3. The maximum absolute atomic E-state index is 12.6. The number of benzene rings is 1. The first-order chi connectivity index (χ1) is 11.2. The fourth-order valence-corrected chi connectivity index (χ4v) is 3.58. The predicted octanol–water partition coefficient (Wildman–Crippen LogP) is 1.16. The van der Waals surface area contributed by atoms with Crippen LogP contribution in [0.3, 0.4) is 0 Å². The number of hydrogen-bond donors (Lipinski definition) is 0. The van der Waals surface area contributed by atoms with Crippen molar-refractivity contribution in [3.8, 4) is 0 Å². The molecule has 1 amide bonds. The number of carbonyl (C=O) groups is 1. The molecule has 122 valence electrons. The number of aromatic nitrogens is 1. The number of amides is 1. The van der Waals surface area contributed by atoms with Crippen LogP contribution >= 0.6 is 0 Å². The molecule has 0 bridgehead atoms. The van der Waals surface area contributed by atoms with Crippen molar-refractivity contribution >= 4 is 16.9 Å².